The van der Waals surface area contributed by atoms with Gasteiger partial charge in [-0.3, -0.25) is 4.90 Å². The molecule has 3 aliphatic heterocycles. The van der Waals surface area contributed by atoms with Crippen LogP contribution in [0.2, 0.25) is 5.15 Å². The van der Waals surface area contributed by atoms with E-state index >= 15 is 0 Å². The predicted octanol–water partition coefficient (Wildman–Crippen LogP) is 5.07. The molecule has 0 saturated carbocycles. The second kappa shape index (κ2) is 8.77. The van der Waals surface area contributed by atoms with E-state index in [0.29, 0.717) is 23.8 Å². The summed E-state index contributed by atoms with van der Waals surface area (Å²) < 4.78 is 22.9. The number of ether oxygens (including phenoxy) is 4. The summed E-state index contributed by atoms with van der Waals surface area (Å²) in [6.07, 6.45) is 1.16. The van der Waals surface area contributed by atoms with Gasteiger partial charge in [0, 0.05) is 48.3 Å². The average Bonchev–Trinajstić information content (AvgIpc) is 3.34. The van der Waals surface area contributed by atoms with E-state index in [2.05, 4.69) is 11.0 Å². The van der Waals surface area contributed by atoms with Gasteiger partial charge in [-0.25, -0.2) is 4.98 Å². The van der Waals surface area contributed by atoms with Gasteiger partial charge in [0.05, 0.1) is 19.4 Å². The third-order valence-electron chi connectivity index (χ3n) is 6.97. The summed E-state index contributed by atoms with van der Waals surface area (Å²) in [5, 5.41) is 0.535. The van der Waals surface area contributed by atoms with Crippen LogP contribution in [-0.2, 0) is 11.3 Å². The Morgan fingerprint density at radius 3 is 2.59 bits per heavy atom. The fraction of sp³-hybridized carbons (Fsp3) is 0.370. The molecule has 0 amide bonds. The van der Waals surface area contributed by atoms with E-state index in [1.807, 2.05) is 42.5 Å². The van der Waals surface area contributed by atoms with Gasteiger partial charge in [-0.1, -0.05) is 35.9 Å². The normalized spacial score (nSPS) is 18.6. The van der Waals surface area contributed by atoms with Crippen LogP contribution < -0.4 is 14.2 Å². The molecule has 0 atom stereocenters. The molecular formula is C27H27ClN2O4. The molecule has 7 heteroatoms. The van der Waals surface area contributed by atoms with Crippen LogP contribution in [-0.4, -0.2) is 56.5 Å². The van der Waals surface area contributed by atoms with Gasteiger partial charge < -0.3 is 18.9 Å². The van der Waals surface area contributed by atoms with Crippen LogP contribution in [0.3, 0.4) is 0 Å². The number of fused-ring (bicyclic) bond motifs is 1. The van der Waals surface area contributed by atoms with Gasteiger partial charge in [0.1, 0.15) is 24.1 Å². The van der Waals surface area contributed by atoms with Crippen LogP contribution in [0.5, 0.6) is 17.2 Å². The van der Waals surface area contributed by atoms with Crippen molar-refractivity contribution in [1.82, 2.24) is 9.88 Å². The summed E-state index contributed by atoms with van der Waals surface area (Å²) in [7, 11) is 1.68. The molecule has 4 heterocycles. The van der Waals surface area contributed by atoms with Crippen LogP contribution in [0.25, 0.3) is 22.4 Å². The molecule has 0 radical (unpaired) electrons. The lowest BCUT2D eigenvalue weighted by atomic mass is 9.79. The Bertz CT molecular complexity index is 1220. The van der Waals surface area contributed by atoms with Crippen LogP contribution in [0.4, 0.5) is 0 Å². The zero-order chi connectivity index (χ0) is 23.1. The molecule has 6 rings (SSSR count). The number of nitrogens with zero attached hydrogens (tertiary/aromatic N) is 2. The topological polar surface area (TPSA) is 53.0 Å². The molecule has 2 aromatic carbocycles. The molecule has 0 bridgehead atoms. The third-order valence-corrected chi connectivity index (χ3v) is 7.30. The van der Waals surface area contributed by atoms with Crippen molar-refractivity contribution < 1.29 is 18.9 Å². The molecule has 2 saturated heterocycles. The number of likely N-dealkylation sites (tertiary alicyclic amines) is 1. The minimum Gasteiger partial charge on any atom is -0.495 e. The summed E-state index contributed by atoms with van der Waals surface area (Å²) in [5.74, 6) is 2.27. The zero-order valence-electron chi connectivity index (χ0n) is 19.2. The monoisotopic (exact) mass is 478 g/mol. The molecule has 176 valence electrons. The maximum atomic E-state index is 6.65. The molecule has 3 aliphatic rings. The van der Waals surface area contributed by atoms with Crippen LogP contribution in [0.1, 0.15) is 12.0 Å². The van der Waals surface area contributed by atoms with Crippen molar-refractivity contribution in [3.8, 4) is 39.6 Å². The minimum atomic E-state index is 0.363. The van der Waals surface area contributed by atoms with E-state index in [1.54, 1.807) is 7.11 Å². The predicted molar refractivity (Wildman–Crippen MR) is 131 cm³/mol. The molecule has 3 aromatic rings. The highest BCUT2D eigenvalue weighted by atomic mass is 35.5. The number of benzene rings is 2. The van der Waals surface area contributed by atoms with Gasteiger partial charge >= 0.3 is 0 Å². The van der Waals surface area contributed by atoms with Crippen molar-refractivity contribution in [2.75, 3.05) is 46.6 Å². The highest BCUT2D eigenvalue weighted by Gasteiger charge is 2.45. The Labute approximate surface area is 204 Å². The first-order chi connectivity index (χ1) is 16.6. The Kier molecular flexibility index (Phi) is 5.60. The van der Waals surface area contributed by atoms with Crippen LogP contribution >= 0.6 is 11.6 Å². The SMILES string of the molecule is COc1c(-c2ccc3c(c2)OCCO3)cccc1-c1ccc(CN2CC3(CCOC3)C2)c(Cl)n1. The summed E-state index contributed by atoms with van der Waals surface area (Å²) in [5.41, 5.74) is 5.04. The number of halogens is 1. The highest BCUT2D eigenvalue weighted by Crippen LogP contribution is 2.43. The number of rotatable bonds is 5. The fourth-order valence-corrected chi connectivity index (χ4v) is 5.50. The van der Waals surface area contributed by atoms with Crippen molar-refractivity contribution in [1.29, 1.82) is 0 Å². The molecule has 34 heavy (non-hydrogen) atoms. The number of hydrogen-bond donors (Lipinski definition) is 0. The number of aromatic nitrogens is 1. The van der Waals surface area contributed by atoms with E-state index in [4.69, 9.17) is 35.5 Å². The fourth-order valence-electron chi connectivity index (χ4n) is 5.28. The molecule has 0 unspecified atom stereocenters. The van der Waals surface area contributed by atoms with E-state index in [0.717, 1.165) is 84.5 Å². The molecule has 0 aliphatic carbocycles. The van der Waals surface area contributed by atoms with Gasteiger partial charge in [0.25, 0.3) is 0 Å². The molecule has 2 fully saturated rings. The van der Waals surface area contributed by atoms with Crippen molar-refractivity contribution in [2.24, 2.45) is 5.41 Å². The van der Waals surface area contributed by atoms with E-state index in [9.17, 15) is 0 Å². The highest BCUT2D eigenvalue weighted by molar-refractivity contribution is 6.30. The first-order valence-corrected chi connectivity index (χ1v) is 12.0. The van der Waals surface area contributed by atoms with Crippen molar-refractivity contribution in [3.63, 3.8) is 0 Å². The molecular weight excluding hydrogens is 452 g/mol. The summed E-state index contributed by atoms with van der Waals surface area (Å²) in [4.78, 5) is 7.16. The first-order valence-electron chi connectivity index (χ1n) is 11.7. The smallest absolute Gasteiger partial charge is 0.161 e. The van der Waals surface area contributed by atoms with Crippen molar-refractivity contribution in [2.45, 2.75) is 13.0 Å². The van der Waals surface area contributed by atoms with E-state index < -0.39 is 0 Å². The average molecular weight is 479 g/mol. The number of para-hydroxylation sites is 1. The van der Waals surface area contributed by atoms with Gasteiger partial charge in [0.15, 0.2) is 11.5 Å². The molecule has 6 nitrogen and oxygen atoms in total. The van der Waals surface area contributed by atoms with Gasteiger partial charge in [0.2, 0.25) is 0 Å². The number of pyridine rings is 1. The van der Waals surface area contributed by atoms with Crippen molar-refractivity contribution in [3.05, 3.63) is 59.2 Å². The lowest BCUT2D eigenvalue weighted by Crippen LogP contribution is -2.56. The molecule has 1 spiro atoms. The Morgan fingerprint density at radius 2 is 1.82 bits per heavy atom. The van der Waals surface area contributed by atoms with Gasteiger partial charge in [-0.2, -0.15) is 0 Å². The quantitative estimate of drug-likeness (QED) is 0.477. The van der Waals surface area contributed by atoms with E-state index in [1.165, 1.54) is 0 Å². The maximum Gasteiger partial charge on any atom is 0.161 e. The lowest BCUT2D eigenvalue weighted by molar-refractivity contribution is -0.0123. The Balaban J connectivity index is 1.26. The third kappa shape index (κ3) is 3.90. The van der Waals surface area contributed by atoms with Crippen molar-refractivity contribution >= 4 is 11.6 Å². The van der Waals surface area contributed by atoms with Gasteiger partial charge in [-0.05, 0) is 36.2 Å². The summed E-state index contributed by atoms with van der Waals surface area (Å²) >= 11 is 6.65. The number of hydrogen-bond acceptors (Lipinski definition) is 6. The molecule has 1 aromatic heterocycles. The summed E-state index contributed by atoms with van der Waals surface area (Å²) in [6.45, 7) is 5.83. The van der Waals surface area contributed by atoms with Crippen LogP contribution in [0, 0.1) is 5.41 Å². The summed E-state index contributed by atoms with van der Waals surface area (Å²) in [6, 6.07) is 16.1. The second-order valence-electron chi connectivity index (χ2n) is 9.34. The molecule has 0 N–H and O–H groups in total. The number of methoxy groups -OCH3 is 1. The minimum absolute atomic E-state index is 0.363. The van der Waals surface area contributed by atoms with Crippen LogP contribution in [0.15, 0.2) is 48.5 Å². The van der Waals surface area contributed by atoms with E-state index in [-0.39, 0.29) is 0 Å². The second-order valence-corrected chi connectivity index (χ2v) is 9.70. The zero-order valence-corrected chi connectivity index (χ0v) is 19.9. The Morgan fingerprint density at radius 1 is 1.00 bits per heavy atom. The standard InChI is InChI=1S/C27H27ClN2O4/c1-31-25-20(18-6-8-23-24(13-18)34-12-11-33-23)3-2-4-21(25)22-7-5-19(26(28)29-22)14-30-15-27(16-30)9-10-32-17-27/h2-8,13H,9-12,14-17H2,1H3. The van der Waals surface area contributed by atoms with Gasteiger partial charge in [-0.15, -0.1) is 0 Å². The lowest BCUT2D eigenvalue weighted by Gasteiger charge is -2.47. The largest absolute Gasteiger partial charge is 0.495 e. The maximum absolute atomic E-state index is 6.65. The Hall–Kier alpha value is -2.80. The first kappa shape index (κ1) is 21.7.